The van der Waals surface area contributed by atoms with E-state index in [0.29, 0.717) is 11.4 Å². The number of nitrogens with one attached hydrogen (secondary N) is 2. The zero-order chi connectivity index (χ0) is 16.9. The van der Waals surface area contributed by atoms with Crippen molar-refractivity contribution in [3.63, 3.8) is 0 Å². The van der Waals surface area contributed by atoms with Gasteiger partial charge < -0.3 is 20.6 Å². The predicted octanol–water partition coefficient (Wildman–Crippen LogP) is 3.61. The highest BCUT2D eigenvalue weighted by molar-refractivity contribution is 6.31. The number of anilines is 2. The van der Waals surface area contributed by atoms with Crippen LogP contribution >= 0.6 is 11.6 Å². The lowest BCUT2D eigenvalue weighted by Gasteiger charge is -2.31. The number of amides is 2. The summed E-state index contributed by atoms with van der Waals surface area (Å²) in [4.78, 5) is 14.6. The van der Waals surface area contributed by atoms with Crippen molar-refractivity contribution in [1.29, 1.82) is 0 Å². The lowest BCUT2D eigenvalue weighted by Crippen LogP contribution is -2.46. The summed E-state index contributed by atoms with van der Waals surface area (Å²) >= 11 is 6.10. The number of carbonyl (C=O) groups is 1. The number of halogens is 1. The molecule has 2 amide bonds. The number of piperidine rings is 1. The fourth-order valence-corrected chi connectivity index (χ4v) is 2.99. The third kappa shape index (κ3) is 5.29. The van der Waals surface area contributed by atoms with Gasteiger partial charge in [-0.25, -0.2) is 4.79 Å². The van der Waals surface area contributed by atoms with Gasteiger partial charge in [0.2, 0.25) is 0 Å². The summed E-state index contributed by atoms with van der Waals surface area (Å²) in [6.07, 6.45) is 4.08. The van der Waals surface area contributed by atoms with E-state index >= 15 is 0 Å². The summed E-state index contributed by atoms with van der Waals surface area (Å²) in [6.45, 7) is 5.78. The Morgan fingerprint density at radius 1 is 1.30 bits per heavy atom. The normalized spacial score (nSPS) is 15.4. The maximum Gasteiger partial charge on any atom is 0.319 e. The number of rotatable bonds is 5. The van der Waals surface area contributed by atoms with Gasteiger partial charge in [0.05, 0.1) is 11.4 Å². The molecule has 1 aromatic carbocycles. The second-order valence-corrected chi connectivity index (χ2v) is 7.08. The molecule has 1 aromatic rings. The van der Waals surface area contributed by atoms with Gasteiger partial charge >= 0.3 is 6.03 Å². The molecule has 0 unspecified atom stereocenters. The minimum absolute atomic E-state index is 0.0312. The van der Waals surface area contributed by atoms with E-state index < -0.39 is 5.54 Å². The van der Waals surface area contributed by atoms with Crippen LogP contribution in [0.15, 0.2) is 18.2 Å². The summed E-state index contributed by atoms with van der Waals surface area (Å²) < 4.78 is 0. The maximum atomic E-state index is 12.3. The van der Waals surface area contributed by atoms with Crippen LogP contribution in [0.25, 0.3) is 0 Å². The lowest BCUT2D eigenvalue weighted by atomic mass is 10.0. The third-order valence-corrected chi connectivity index (χ3v) is 4.33. The standard InChI is InChI=1S/C17H26ClN3O2/c1-17(2,8-11-22)20-16(23)19-14-12-13(18)6-7-15(14)21-9-4-3-5-10-21/h6-7,12,22H,3-5,8-11H2,1-2H3,(H2,19,20,23). The molecule has 1 heterocycles. The van der Waals surface area contributed by atoms with Crippen molar-refractivity contribution in [3.8, 4) is 0 Å². The molecular weight excluding hydrogens is 314 g/mol. The first kappa shape index (κ1) is 17.9. The number of hydrogen-bond acceptors (Lipinski definition) is 3. The van der Waals surface area contributed by atoms with E-state index in [9.17, 15) is 4.79 Å². The molecule has 2 rings (SSSR count). The maximum absolute atomic E-state index is 12.3. The molecule has 0 bridgehead atoms. The van der Waals surface area contributed by atoms with Crippen LogP contribution in [0, 0.1) is 0 Å². The van der Waals surface area contributed by atoms with Crippen LogP contribution < -0.4 is 15.5 Å². The number of urea groups is 1. The molecule has 1 aliphatic rings. The van der Waals surface area contributed by atoms with Gasteiger partial charge in [-0.1, -0.05) is 11.6 Å². The molecule has 0 atom stereocenters. The van der Waals surface area contributed by atoms with Crippen LogP contribution in [0.2, 0.25) is 5.02 Å². The summed E-state index contributed by atoms with van der Waals surface area (Å²) in [5.74, 6) is 0. The molecule has 1 saturated heterocycles. The SMILES string of the molecule is CC(C)(CCO)NC(=O)Nc1cc(Cl)ccc1N1CCCCC1. The van der Waals surface area contributed by atoms with Crippen molar-refractivity contribution in [2.24, 2.45) is 0 Å². The number of benzene rings is 1. The van der Waals surface area contributed by atoms with E-state index in [1.54, 1.807) is 6.07 Å². The molecule has 3 N–H and O–H groups in total. The molecule has 128 valence electrons. The lowest BCUT2D eigenvalue weighted by molar-refractivity contribution is 0.218. The van der Waals surface area contributed by atoms with Crippen LogP contribution in [0.4, 0.5) is 16.2 Å². The van der Waals surface area contributed by atoms with Gasteiger partial charge in [-0.3, -0.25) is 0 Å². The van der Waals surface area contributed by atoms with Crippen LogP contribution in [-0.2, 0) is 0 Å². The summed E-state index contributed by atoms with van der Waals surface area (Å²) in [7, 11) is 0. The molecule has 0 aliphatic carbocycles. The van der Waals surface area contributed by atoms with Crippen LogP contribution in [0.1, 0.15) is 39.5 Å². The smallest absolute Gasteiger partial charge is 0.319 e. The molecule has 1 aliphatic heterocycles. The minimum atomic E-state index is -0.470. The number of nitrogens with zero attached hydrogens (tertiary/aromatic N) is 1. The molecular formula is C17H26ClN3O2. The number of hydrogen-bond donors (Lipinski definition) is 3. The summed E-state index contributed by atoms with van der Waals surface area (Å²) in [5.41, 5.74) is 1.25. The second kappa shape index (κ2) is 7.88. The Labute approximate surface area is 143 Å². The molecule has 0 saturated carbocycles. The molecule has 0 spiro atoms. The molecule has 1 fully saturated rings. The van der Waals surface area contributed by atoms with Crippen LogP contribution in [0.5, 0.6) is 0 Å². The van der Waals surface area contributed by atoms with Crippen LogP contribution in [0.3, 0.4) is 0 Å². The van der Waals surface area contributed by atoms with Crippen molar-refractivity contribution in [3.05, 3.63) is 23.2 Å². The molecule has 5 nitrogen and oxygen atoms in total. The topological polar surface area (TPSA) is 64.6 Å². The third-order valence-electron chi connectivity index (χ3n) is 4.09. The Kier molecular flexibility index (Phi) is 6.13. The highest BCUT2D eigenvalue weighted by Crippen LogP contribution is 2.31. The Morgan fingerprint density at radius 2 is 2.00 bits per heavy atom. The predicted molar refractivity (Wildman–Crippen MR) is 95.5 cm³/mol. The Balaban J connectivity index is 2.11. The van der Waals surface area contributed by atoms with Crippen molar-refractivity contribution in [2.75, 3.05) is 29.9 Å². The van der Waals surface area contributed by atoms with Gasteiger partial charge in [0, 0.05) is 30.3 Å². The van der Waals surface area contributed by atoms with Crippen molar-refractivity contribution < 1.29 is 9.90 Å². The first-order chi connectivity index (χ1) is 10.9. The fraction of sp³-hybridized carbons (Fsp3) is 0.588. The van der Waals surface area contributed by atoms with Gasteiger partial charge in [-0.05, 0) is 57.7 Å². The van der Waals surface area contributed by atoms with E-state index in [4.69, 9.17) is 16.7 Å². The Bertz CT molecular complexity index is 543. The average molecular weight is 340 g/mol. The van der Waals surface area contributed by atoms with Crippen LogP contribution in [-0.4, -0.2) is 36.4 Å². The highest BCUT2D eigenvalue weighted by atomic mass is 35.5. The Morgan fingerprint density at radius 3 is 2.65 bits per heavy atom. The number of aliphatic hydroxyl groups excluding tert-OH is 1. The minimum Gasteiger partial charge on any atom is -0.396 e. The molecule has 6 heteroatoms. The second-order valence-electron chi connectivity index (χ2n) is 6.65. The van der Waals surface area contributed by atoms with Gasteiger partial charge in [0.25, 0.3) is 0 Å². The number of aliphatic hydroxyl groups is 1. The zero-order valence-electron chi connectivity index (χ0n) is 13.9. The van der Waals surface area contributed by atoms with Gasteiger partial charge in [0.15, 0.2) is 0 Å². The monoisotopic (exact) mass is 339 g/mol. The number of carbonyl (C=O) groups excluding carboxylic acids is 1. The highest BCUT2D eigenvalue weighted by Gasteiger charge is 2.21. The van der Waals surface area contributed by atoms with E-state index in [1.807, 2.05) is 26.0 Å². The van der Waals surface area contributed by atoms with E-state index in [0.717, 1.165) is 37.3 Å². The Hall–Kier alpha value is -1.46. The largest absolute Gasteiger partial charge is 0.396 e. The quantitative estimate of drug-likeness (QED) is 0.767. The van der Waals surface area contributed by atoms with Crippen molar-refractivity contribution >= 4 is 29.0 Å². The molecule has 0 aromatic heterocycles. The summed E-state index contributed by atoms with van der Waals surface area (Å²) in [6, 6.07) is 5.31. The average Bonchev–Trinajstić information content (AvgIpc) is 2.47. The van der Waals surface area contributed by atoms with E-state index in [2.05, 4.69) is 15.5 Å². The van der Waals surface area contributed by atoms with E-state index in [1.165, 1.54) is 6.42 Å². The van der Waals surface area contributed by atoms with Gasteiger partial charge in [0.1, 0.15) is 0 Å². The molecule has 23 heavy (non-hydrogen) atoms. The fourth-order valence-electron chi connectivity index (χ4n) is 2.82. The molecule has 0 radical (unpaired) electrons. The van der Waals surface area contributed by atoms with Gasteiger partial charge in [-0.15, -0.1) is 0 Å². The van der Waals surface area contributed by atoms with Crippen molar-refractivity contribution in [1.82, 2.24) is 5.32 Å². The van der Waals surface area contributed by atoms with Gasteiger partial charge in [-0.2, -0.15) is 0 Å². The van der Waals surface area contributed by atoms with E-state index in [-0.39, 0.29) is 12.6 Å². The first-order valence-corrected chi connectivity index (χ1v) is 8.53. The van der Waals surface area contributed by atoms with Crippen molar-refractivity contribution in [2.45, 2.75) is 45.1 Å². The zero-order valence-corrected chi connectivity index (χ0v) is 14.6. The first-order valence-electron chi connectivity index (χ1n) is 8.16. The summed E-state index contributed by atoms with van der Waals surface area (Å²) in [5, 5.41) is 15.4.